The molecule has 0 aliphatic rings. The normalized spacial score (nSPS) is 11.0. The molecule has 0 fully saturated rings. The predicted octanol–water partition coefficient (Wildman–Crippen LogP) is 4.64. The van der Waals surface area contributed by atoms with Gasteiger partial charge >= 0.3 is 0 Å². The van der Waals surface area contributed by atoms with Crippen molar-refractivity contribution in [2.75, 3.05) is 36.5 Å². The Labute approximate surface area is 206 Å². The predicted molar refractivity (Wildman–Crippen MR) is 136 cm³/mol. The van der Waals surface area contributed by atoms with E-state index in [1.54, 1.807) is 67.6 Å². The molecule has 8 nitrogen and oxygen atoms in total. The Hall–Kier alpha value is -3.72. The molecule has 3 aromatic carbocycles. The highest BCUT2D eigenvalue weighted by atomic mass is 32.2. The Bertz CT molecular complexity index is 1260. The number of nitrogens with one attached hydrogen (secondary N) is 1. The van der Waals surface area contributed by atoms with E-state index >= 15 is 0 Å². The van der Waals surface area contributed by atoms with E-state index in [0.717, 1.165) is 9.87 Å². The molecule has 0 saturated carbocycles. The number of ether oxygens (including phenoxy) is 3. The summed E-state index contributed by atoms with van der Waals surface area (Å²) in [6, 6.07) is 18.4. The van der Waals surface area contributed by atoms with Gasteiger partial charge in [-0.05, 0) is 74.9 Å². The Morgan fingerprint density at radius 2 is 1.60 bits per heavy atom. The number of hydrogen-bond donors (Lipinski definition) is 1. The van der Waals surface area contributed by atoms with Gasteiger partial charge in [-0.3, -0.25) is 9.10 Å². The number of amides is 1. The molecular formula is C26H30N2O6S. The van der Waals surface area contributed by atoms with Crippen LogP contribution in [-0.4, -0.2) is 41.2 Å². The topological polar surface area (TPSA) is 94.2 Å². The molecule has 3 aromatic rings. The Morgan fingerprint density at radius 3 is 2.26 bits per heavy atom. The van der Waals surface area contributed by atoms with Gasteiger partial charge in [-0.1, -0.05) is 18.2 Å². The molecule has 0 unspecified atom stereocenters. The van der Waals surface area contributed by atoms with Crippen LogP contribution in [0.1, 0.15) is 19.4 Å². The molecule has 0 heterocycles. The van der Waals surface area contributed by atoms with Crippen LogP contribution in [0.25, 0.3) is 0 Å². The lowest BCUT2D eigenvalue weighted by atomic mass is 10.2. The maximum atomic E-state index is 13.8. The van der Waals surface area contributed by atoms with Crippen LogP contribution in [0.2, 0.25) is 0 Å². The molecule has 35 heavy (non-hydrogen) atoms. The molecule has 186 valence electrons. The third-order valence-electron chi connectivity index (χ3n) is 5.07. The first kappa shape index (κ1) is 25.9. The molecular weight excluding hydrogens is 468 g/mol. The van der Waals surface area contributed by atoms with Crippen molar-refractivity contribution in [3.8, 4) is 17.2 Å². The SMILES string of the molecule is CCOc1ccc(N(CC(=O)Nc2ccccc2OCC)S(=O)(=O)c2cc(C)ccc2OC)cc1. The number of nitrogens with zero attached hydrogens (tertiary/aromatic N) is 1. The number of hydrogen-bond acceptors (Lipinski definition) is 6. The van der Waals surface area contributed by atoms with Crippen LogP contribution >= 0.6 is 0 Å². The molecule has 1 amide bonds. The Morgan fingerprint density at radius 1 is 0.914 bits per heavy atom. The van der Waals surface area contributed by atoms with Crippen LogP contribution in [0.4, 0.5) is 11.4 Å². The van der Waals surface area contributed by atoms with E-state index in [2.05, 4.69) is 5.32 Å². The van der Waals surface area contributed by atoms with Gasteiger partial charge in [-0.2, -0.15) is 0 Å². The summed E-state index contributed by atoms with van der Waals surface area (Å²) < 4.78 is 45.1. The first-order chi connectivity index (χ1) is 16.8. The highest BCUT2D eigenvalue weighted by Gasteiger charge is 2.30. The van der Waals surface area contributed by atoms with Crippen LogP contribution in [0.15, 0.2) is 71.6 Å². The van der Waals surface area contributed by atoms with E-state index in [4.69, 9.17) is 14.2 Å². The lowest BCUT2D eigenvalue weighted by Crippen LogP contribution is -2.38. The number of aryl methyl sites for hydroxylation is 1. The quantitative estimate of drug-likeness (QED) is 0.414. The summed E-state index contributed by atoms with van der Waals surface area (Å²) in [6.45, 7) is 5.92. The fourth-order valence-corrected chi connectivity index (χ4v) is 5.13. The minimum Gasteiger partial charge on any atom is -0.495 e. The number of carbonyl (C=O) groups is 1. The smallest absolute Gasteiger partial charge is 0.268 e. The average molecular weight is 499 g/mol. The summed E-state index contributed by atoms with van der Waals surface area (Å²) in [5, 5.41) is 2.76. The van der Waals surface area contributed by atoms with Crippen LogP contribution < -0.4 is 23.8 Å². The monoisotopic (exact) mass is 498 g/mol. The zero-order valence-electron chi connectivity index (χ0n) is 20.3. The lowest BCUT2D eigenvalue weighted by molar-refractivity contribution is -0.114. The number of sulfonamides is 1. The summed E-state index contributed by atoms with van der Waals surface area (Å²) in [7, 11) is -2.77. The highest BCUT2D eigenvalue weighted by Crippen LogP contribution is 2.32. The van der Waals surface area contributed by atoms with Gasteiger partial charge in [0.25, 0.3) is 10.0 Å². The van der Waals surface area contributed by atoms with Crippen molar-refractivity contribution < 1.29 is 27.4 Å². The number of anilines is 2. The van der Waals surface area contributed by atoms with E-state index in [-0.39, 0.29) is 10.6 Å². The number of benzene rings is 3. The van der Waals surface area contributed by atoms with E-state index in [1.807, 2.05) is 13.8 Å². The molecule has 0 saturated heterocycles. The van der Waals surface area contributed by atoms with Gasteiger partial charge in [0.05, 0.1) is 31.7 Å². The van der Waals surface area contributed by atoms with E-state index in [9.17, 15) is 13.2 Å². The van der Waals surface area contributed by atoms with Gasteiger partial charge in [-0.15, -0.1) is 0 Å². The summed E-state index contributed by atoms with van der Waals surface area (Å²) in [4.78, 5) is 13.1. The third kappa shape index (κ3) is 6.24. The van der Waals surface area contributed by atoms with Gasteiger partial charge < -0.3 is 19.5 Å². The zero-order chi connectivity index (χ0) is 25.4. The van der Waals surface area contributed by atoms with Crippen molar-refractivity contribution in [3.05, 3.63) is 72.3 Å². The van der Waals surface area contributed by atoms with Gasteiger partial charge in [-0.25, -0.2) is 8.42 Å². The number of para-hydroxylation sites is 2. The third-order valence-corrected chi connectivity index (χ3v) is 6.87. The van der Waals surface area contributed by atoms with Crippen LogP contribution in [0, 0.1) is 6.92 Å². The molecule has 0 spiro atoms. The zero-order valence-corrected chi connectivity index (χ0v) is 21.1. The fraction of sp³-hybridized carbons (Fsp3) is 0.269. The van der Waals surface area contributed by atoms with Crippen molar-refractivity contribution in [1.29, 1.82) is 0 Å². The molecule has 1 N–H and O–H groups in total. The number of methoxy groups -OCH3 is 1. The van der Waals surface area contributed by atoms with E-state index in [1.165, 1.54) is 13.2 Å². The summed E-state index contributed by atoms with van der Waals surface area (Å²) >= 11 is 0. The number of rotatable bonds is 11. The van der Waals surface area contributed by atoms with Crippen LogP contribution in [0.5, 0.6) is 17.2 Å². The first-order valence-corrected chi connectivity index (χ1v) is 12.7. The van der Waals surface area contributed by atoms with Crippen LogP contribution in [0.3, 0.4) is 0 Å². The summed E-state index contributed by atoms with van der Waals surface area (Å²) in [5.74, 6) is 0.755. The second-order valence-corrected chi connectivity index (χ2v) is 9.40. The largest absolute Gasteiger partial charge is 0.495 e. The minimum atomic E-state index is -4.18. The minimum absolute atomic E-state index is 0.0311. The maximum Gasteiger partial charge on any atom is 0.268 e. The van der Waals surface area contributed by atoms with Gasteiger partial charge in [0.15, 0.2) is 0 Å². The van der Waals surface area contributed by atoms with Crippen molar-refractivity contribution >= 4 is 27.3 Å². The molecule has 0 aliphatic heterocycles. The molecule has 0 radical (unpaired) electrons. The summed E-state index contributed by atoms with van der Waals surface area (Å²) in [5.41, 5.74) is 1.51. The van der Waals surface area contributed by atoms with Crippen LogP contribution in [-0.2, 0) is 14.8 Å². The van der Waals surface area contributed by atoms with E-state index < -0.39 is 22.5 Å². The fourth-order valence-electron chi connectivity index (χ4n) is 3.47. The Balaban J connectivity index is 2.01. The second kappa shape index (κ2) is 11.6. The first-order valence-electron chi connectivity index (χ1n) is 11.2. The average Bonchev–Trinajstić information content (AvgIpc) is 2.84. The highest BCUT2D eigenvalue weighted by molar-refractivity contribution is 7.93. The molecule has 0 aromatic heterocycles. The molecule has 0 bridgehead atoms. The Kier molecular flexibility index (Phi) is 8.59. The van der Waals surface area contributed by atoms with Crippen molar-refractivity contribution in [2.45, 2.75) is 25.7 Å². The maximum absolute atomic E-state index is 13.8. The molecule has 0 aliphatic carbocycles. The van der Waals surface area contributed by atoms with Gasteiger partial charge in [0, 0.05) is 0 Å². The lowest BCUT2D eigenvalue weighted by Gasteiger charge is -2.25. The van der Waals surface area contributed by atoms with Crippen molar-refractivity contribution in [2.24, 2.45) is 0 Å². The molecule has 3 rings (SSSR count). The van der Waals surface area contributed by atoms with Gasteiger partial charge in [0.1, 0.15) is 28.7 Å². The standard InChI is InChI=1S/C26H30N2O6S/c1-5-33-21-14-12-20(13-15-21)28(35(30,31)25-17-19(3)11-16-24(25)32-4)18-26(29)27-22-9-7-8-10-23(22)34-6-2/h7-17H,5-6,18H2,1-4H3,(H,27,29). The molecule has 0 atom stereocenters. The van der Waals surface area contributed by atoms with Crippen molar-refractivity contribution in [3.63, 3.8) is 0 Å². The number of carbonyl (C=O) groups excluding carboxylic acids is 1. The molecule has 9 heteroatoms. The second-order valence-electron chi connectivity index (χ2n) is 7.57. The van der Waals surface area contributed by atoms with E-state index in [0.29, 0.717) is 36.1 Å². The summed E-state index contributed by atoms with van der Waals surface area (Å²) in [6.07, 6.45) is 0. The van der Waals surface area contributed by atoms with Gasteiger partial charge in [0.2, 0.25) is 5.91 Å². The van der Waals surface area contributed by atoms with Crippen molar-refractivity contribution in [1.82, 2.24) is 0 Å².